The molecule has 9 nitrogen and oxygen atoms in total. The number of fused-ring (bicyclic) bond motifs is 1. The number of carbonyl (C=O) groups excluding carboxylic acids is 3. The summed E-state index contributed by atoms with van der Waals surface area (Å²) in [6, 6.07) is 12.1. The van der Waals surface area contributed by atoms with E-state index in [0.717, 1.165) is 16.0 Å². The number of ether oxygens (including phenoxy) is 3. The highest BCUT2D eigenvalue weighted by molar-refractivity contribution is 6.09. The zero-order chi connectivity index (χ0) is 22.0. The molecule has 9 heteroatoms. The minimum Gasteiger partial charge on any atom is -0.496 e. The Morgan fingerprint density at radius 3 is 2.77 bits per heavy atom. The van der Waals surface area contributed by atoms with E-state index in [2.05, 4.69) is 10.6 Å². The number of imide groups is 1. The van der Waals surface area contributed by atoms with Gasteiger partial charge in [-0.05, 0) is 36.2 Å². The van der Waals surface area contributed by atoms with Crippen LogP contribution in [-0.4, -0.2) is 48.7 Å². The van der Waals surface area contributed by atoms with Crippen LogP contribution in [0.1, 0.15) is 18.1 Å². The van der Waals surface area contributed by atoms with Crippen LogP contribution in [0.5, 0.6) is 17.2 Å². The summed E-state index contributed by atoms with van der Waals surface area (Å²) in [6.45, 7) is 1.68. The van der Waals surface area contributed by atoms with Crippen molar-refractivity contribution in [2.75, 3.05) is 20.4 Å². The van der Waals surface area contributed by atoms with Crippen LogP contribution in [-0.2, 0) is 22.6 Å². The molecule has 2 aromatic rings. The van der Waals surface area contributed by atoms with Crippen LogP contribution in [0.2, 0.25) is 0 Å². The van der Waals surface area contributed by atoms with Gasteiger partial charge >= 0.3 is 6.03 Å². The third-order valence-corrected chi connectivity index (χ3v) is 5.31. The molecule has 162 valence electrons. The first-order valence-corrected chi connectivity index (χ1v) is 9.81. The number of carbonyl (C=O) groups is 3. The molecule has 2 heterocycles. The van der Waals surface area contributed by atoms with E-state index < -0.39 is 23.4 Å². The third kappa shape index (κ3) is 4.11. The first kappa shape index (κ1) is 20.5. The minimum absolute atomic E-state index is 0.172. The summed E-state index contributed by atoms with van der Waals surface area (Å²) >= 11 is 0. The summed E-state index contributed by atoms with van der Waals surface area (Å²) < 4.78 is 15.9. The second kappa shape index (κ2) is 8.17. The standard InChI is InChI=1S/C22H23N3O6/c1-22(10-15-5-3-4-6-16(15)29-2)20(27)25(21(28)24-22)12-19(26)23-11-14-7-8-17-18(9-14)31-13-30-17/h3-9H,10-13H2,1-2H3,(H,23,26)(H,24,28). The number of urea groups is 1. The maximum atomic E-state index is 13.0. The Kier molecular flexibility index (Phi) is 5.41. The zero-order valence-corrected chi connectivity index (χ0v) is 17.3. The van der Waals surface area contributed by atoms with Crippen LogP contribution in [0, 0.1) is 0 Å². The lowest BCUT2D eigenvalue weighted by Gasteiger charge is -2.22. The van der Waals surface area contributed by atoms with E-state index in [1.165, 1.54) is 0 Å². The lowest BCUT2D eigenvalue weighted by atomic mass is 9.92. The monoisotopic (exact) mass is 425 g/mol. The highest BCUT2D eigenvalue weighted by Gasteiger charge is 2.48. The van der Waals surface area contributed by atoms with Crippen molar-refractivity contribution in [3.05, 3.63) is 53.6 Å². The van der Waals surface area contributed by atoms with Crippen molar-refractivity contribution < 1.29 is 28.6 Å². The molecule has 0 bridgehead atoms. The number of benzene rings is 2. The molecule has 2 aliphatic rings. The predicted molar refractivity (Wildman–Crippen MR) is 110 cm³/mol. The van der Waals surface area contributed by atoms with Gasteiger partial charge in [-0.25, -0.2) is 4.79 Å². The number of para-hydroxylation sites is 1. The lowest BCUT2D eigenvalue weighted by Crippen LogP contribution is -2.46. The average Bonchev–Trinajstić information content (AvgIpc) is 3.30. The van der Waals surface area contributed by atoms with Crippen molar-refractivity contribution in [3.63, 3.8) is 0 Å². The summed E-state index contributed by atoms with van der Waals surface area (Å²) in [6.07, 6.45) is 0.247. The molecule has 0 aromatic heterocycles. The fraction of sp³-hybridized carbons (Fsp3) is 0.318. The second-order valence-electron chi connectivity index (χ2n) is 7.61. The molecule has 0 radical (unpaired) electrons. The van der Waals surface area contributed by atoms with E-state index in [-0.39, 0.29) is 26.3 Å². The first-order chi connectivity index (χ1) is 14.9. The molecule has 4 amide bonds. The molecule has 2 N–H and O–H groups in total. The van der Waals surface area contributed by atoms with Gasteiger partial charge in [-0.3, -0.25) is 14.5 Å². The van der Waals surface area contributed by atoms with Crippen molar-refractivity contribution >= 4 is 17.8 Å². The fourth-order valence-corrected chi connectivity index (χ4v) is 3.69. The van der Waals surface area contributed by atoms with Crippen molar-refractivity contribution in [3.8, 4) is 17.2 Å². The maximum absolute atomic E-state index is 13.0. The number of amides is 4. The van der Waals surface area contributed by atoms with E-state index >= 15 is 0 Å². The van der Waals surface area contributed by atoms with E-state index in [4.69, 9.17) is 14.2 Å². The summed E-state index contributed by atoms with van der Waals surface area (Å²) in [5, 5.41) is 5.43. The van der Waals surface area contributed by atoms with Gasteiger partial charge in [0, 0.05) is 13.0 Å². The smallest absolute Gasteiger partial charge is 0.325 e. The van der Waals surface area contributed by atoms with Crippen LogP contribution >= 0.6 is 0 Å². The SMILES string of the molecule is COc1ccccc1CC1(C)NC(=O)N(CC(=O)NCc2ccc3c(c2)OCO3)C1=O. The van der Waals surface area contributed by atoms with Gasteiger partial charge in [0.25, 0.3) is 5.91 Å². The predicted octanol–water partition coefficient (Wildman–Crippen LogP) is 1.59. The van der Waals surface area contributed by atoms with Crippen molar-refractivity contribution in [1.29, 1.82) is 0 Å². The molecule has 1 fully saturated rings. The topological polar surface area (TPSA) is 106 Å². The molecule has 2 aliphatic heterocycles. The Hall–Kier alpha value is -3.75. The van der Waals surface area contributed by atoms with Gasteiger partial charge in [0.2, 0.25) is 12.7 Å². The second-order valence-corrected chi connectivity index (χ2v) is 7.61. The normalized spacial score (nSPS) is 19.4. The van der Waals surface area contributed by atoms with Gasteiger partial charge in [-0.1, -0.05) is 24.3 Å². The Morgan fingerprint density at radius 1 is 1.19 bits per heavy atom. The van der Waals surface area contributed by atoms with Crippen LogP contribution in [0.15, 0.2) is 42.5 Å². The highest BCUT2D eigenvalue weighted by atomic mass is 16.7. The number of nitrogens with one attached hydrogen (secondary N) is 2. The molecule has 1 unspecified atom stereocenters. The number of hydrogen-bond acceptors (Lipinski definition) is 6. The van der Waals surface area contributed by atoms with Crippen LogP contribution in [0.25, 0.3) is 0 Å². The number of hydrogen-bond donors (Lipinski definition) is 2. The molecule has 1 saturated heterocycles. The molecule has 4 rings (SSSR count). The van der Waals surface area contributed by atoms with Gasteiger partial charge in [0.05, 0.1) is 7.11 Å². The van der Waals surface area contributed by atoms with Crippen molar-refractivity contribution in [2.24, 2.45) is 0 Å². The molecule has 2 aromatic carbocycles. The fourth-order valence-electron chi connectivity index (χ4n) is 3.69. The highest BCUT2D eigenvalue weighted by Crippen LogP contribution is 2.32. The van der Waals surface area contributed by atoms with Gasteiger partial charge in [-0.15, -0.1) is 0 Å². The average molecular weight is 425 g/mol. The lowest BCUT2D eigenvalue weighted by molar-refractivity contribution is -0.134. The summed E-state index contributed by atoms with van der Waals surface area (Å²) in [5.41, 5.74) is 0.439. The van der Waals surface area contributed by atoms with Crippen molar-refractivity contribution in [2.45, 2.75) is 25.4 Å². The van der Waals surface area contributed by atoms with Crippen molar-refractivity contribution in [1.82, 2.24) is 15.5 Å². The number of methoxy groups -OCH3 is 1. The van der Waals surface area contributed by atoms with E-state index in [0.29, 0.717) is 17.2 Å². The molecule has 0 aliphatic carbocycles. The minimum atomic E-state index is -1.16. The van der Waals surface area contributed by atoms with Gasteiger partial charge in [-0.2, -0.15) is 0 Å². The van der Waals surface area contributed by atoms with Crippen LogP contribution < -0.4 is 24.8 Å². The molecular formula is C22H23N3O6. The Bertz CT molecular complexity index is 1040. The molecular weight excluding hydrogens is 402 g/mol. The maximum Gasteiger partial charge on any atom is 0.325 e. The van der Waals surface area contributed by atoms with Gasteiger partial charge in [0.1, 0.15) is 17.8 Å². The third-order valence-electron chi connectivity index (χ3n) is 5.31. The Morgan fingerprint density at radius 2 is 1.97 bits per heavy atom. The first-order valence-electron chi connectivity index (χ1n) is 9.81. The molecule has 1 atom stereocenters. The summed E-state index contributed by atoms with van der Waals surface area (Å²) in [5.74, 6) is 1.01. The van der Waals surface area contributed by atoms with E-state index in [1.54, 1.807) is 32.2 Å². The van der Waals surface area contributed by atoms with Gasteiger partial charge in [0.15, 0.2) is 11.5 Å². The van der Waals surface area contributed by atoms with E-state index in [9.17, 15) is 14.4 Å². The molecule has 0 spiro atoms. The Balaban J connectivity index is 1.37. The Labute approximate surface area is 179 Å². The summed E-state index contributed by atoms with van der Waals surface area (Å²) in [7, 11) is 1.55. The largest absolute Gasteiger partial charge is 0.496 e. The zero-order valence-electron chi connectivity index (χ0n) is 17.3. The van der Waals surface area contributed by atoms with Crippen LogP contribution in [0.4, 0.5) is 4.79 Å². The van der Waals surface area contributed by atoms with Crippen LogP contribution in [0.3, 0.4) is 0 Å². The number of rotatable bonds is 7. The quantitative estimate of drug-likeness (QED) is 0.653. The molecule has 0 saturated carbocycles. The molecule has 31 heavy (non-hydrogen) atoms. The van der Waals surface area contributed by atoms with E-state index in [1.807, 2.05) is 24.3 Å². The summed E-state index contributed by atoms with van der Waals surface area (Å²) in [4.78, 5) is 38.7. The number of nitrogens with zero attached hydrogens (tertiary/aromatic N) is 1. The van der Waals surface area contributed by atoms with Gasteiger partial charge < -0.3 is 24.8 Å².